The monoisotopic (exact) mass is 332 g/mol. The molecule has 7 heteroatoms. The summed E-state index contributed by atoms with van der Waals surface area (Å²) in [6, 6.07) is 7.76. The largest absolute Gasteiger partial charge is 0.497 e. The predicted molar refractivity (Wildman–Crippen MR) is 88.5 cm³/mol. The van der Waals surface area contributed by atoms with Gasteiger partial charge >= 0.3 is 0 Å². The molecule has 0 bridgehead atoms. The normalized spacial score (nSPS) is 17.5. The summed E-state index contributed by atoms with van der Waals surface area (Å²) in [5, 5.41) is 7.08. The van der Waals surface area contributed by atoms with Gasteiger partial charge in [-0.2, -0.15) is 5.10 Å². The molecule has 6 nitrogen and oxygen atoms in total. The Hall–Kier alpha value is -2.02. The number of ether oxygens (including phenoxy) is 1. The van der Waals surface area contributed by atoms with Crippen LogP contribution in [0.5, 0.6) is 5.75 Å². The Balaban J connectivity index is 1.63. The zero-order chi connectivity index (χ0) is 16.2. The van der Waals surface area contributed by atoms with Crippen LogP contribution in [0.1, 0.15) is 30.5 Å². The van der Waals surface area contributed by atoms with Crippen LogP contribution in [0.3, 0.4) is 0 Å². The van der Waals surface area contributed by atoms with Crippen LogP contribution >= 0.6 is 11.8 Å². The summed E-state index contributed by atoms with van der Waals surface area (Å²) in [4.78, 5) is 19.9. The molecular formula is C16H20N4O2S. The van der Waals surface area contributed by atoms with Gasteiger partial charge in [-0.05, 0) is 38.0 Å². The molecule has 2 aromatic rings. The van der Waals surface area contributed by atoms with Crippen LogP contribution in [0.2, 0.25) is 0 Å². The van der Waals surface area contributed by atoms with Crippen molar-refractivity contribution in [3.8, 4) is 5.75 Å². The number of aromatic nitrogens is 3. The summed E-state index contributed by atoms with van der Waals surface area (Å²) < 4.78 is 5.21. The molecule has 1 aliphatic rings. The molecule has 1 saturated heterocycles. The van der Waals surface area contributed by atoms with Crippen molar-refractivity contribution in [3.63, 3.8) is 0 Å². The predicted octanol–water partition coefficient (Wildman–Crippen LogP) is 2.58. The number of methoxy groups -OCH3 is 1. The highest BCUT2D eigenvalue weighted by atomic mass is 32.2. The van der Waals surface area contributed by atoms with E-state index < -0.39 is 0 Å². The van der Waals surface area contributed by atoms with Gasteiger partial charge in [0.15, 0.2) is 5.82 Å². The topological polar surface area (TPSA) is 71.1 Å². The van der Waals surface area contributed by atoms with E-state index in [1.165, 1.54) is 11.8 Å². The Morgan fingerprint density at radius 3 is 3.13 bits per heavy atom. The first kappa shape index (κ1) is 15.9. The van der Waals surface area contributed by atoms with Gasteiger partial charge < -0.3 is 9.64 Å². The fourth-order valence-electron chi connectivity index (χ4n) is 2.76. The van der Waals surface area contributed by atoms with Gasteiger partial charge in [-0.25, -0.2) is 4.98 Å². The maximum absolute atomic E-state index is 12.6. The van der Waals surface area contributed by atoms with E-state index in [1.807, 2.05) is 36.1 Å². The average molecular weight is 332 g/mol. The van der Waals surface area contributed by atoms with E-state index in [4.69, 9.17) is 4.74 Å². The van der Waals surface area contributed by atoms with Gasteiger partial charge in [0.05, 0.1) is 18.9 Å². The molecule has 23 heavy (non-hydrogen) atoms. The van der Waals surface area contributed by atoms with Crippen LogP contribution in [0.15, 0.2) is 29.2 Å². The Kier molecular flexibility index (Phi) is 4.85. The minimum Gasteiger partial charge on any atom is -0.497 e. The lowest BCUT2D eigenvalue weighted by molar-refractivity contribution is -0.129. The molecule has 0 aliphatic carbocycles. The zero-order valence-electron chi connectivity index (χ0n) is 13.3. The van der Waals surface area contributed by atoms with E-state index in [0.29, 0.717) is 5.75 Å². The van der Waals surface area contributed by atoms with Crippen LogP contribution in [0.25, 0.3) is 0 Å². The molecule has 3 rings (SSSR count). The molecular weight excluding hydrogens is 312 g/mol. The third kappa shape index (κ3) is 3.67. The molecule has 1 atom stereocenters. The van der Waals surface area contributed by atoms with E-state index in [-0.39, 0.29) is 11.9 Å². The Morgan fingerprint density at radius 1 is 1.52 bits per heavy atom. The lowest BCUT2D eigenvalue weighted by Crippen LogP contribution is -2.32. The molecule has 1 aromatic carbocycles. The van der Waals surface area contributed by atoms with Gasteiger partial charge in [-0.15, -0.1) is 11.8 Å². The van der Waals surface area contributed by atoms with Crippen LogP contribution < -0.4 is 4.74 Å². The van der Waals surface area contributed by atoms with Gasteiger partial charge in [-0.3, -0.25) is 9.89 Å². The number of H-pyrrole nitrogens is 1. The third-order valence-electron chi connectivity index (χ3n) is 3.89. The molecule has 1 fully saturated rings. The van der Waals surface area contributed by atoms with Crippen molar-refractivity contribution in [2.45, 2.75) is 30.7 Å². The van der Waals surface area contributed by atoms with Crippen molar-refractivity contribution in [1.82, 2.24) is 20.1 Å². The molecule has 0 saturated carbocycles. The second kappa shape index (κ2) is 7.04. The van der Waals surface area contributed by atoms with Crippen molar-refractivity contribution in [2.24, 2.45) is 0 Å². The highest BCUT2D eigenvalue weighted by molar-refractivity contribution is 8.00. The molecule has 1 aromatic heterocycles. The minimum absolute atomic E-state index is 0.00152. The van der Waals surface area contributed by atoms with Crippen molar-refractivity contribution in [2.75, 3.05) is 19.4 Å². The van der Waals surface area contributed by atoms with Crippen LogP contribution in [-0.2, 0) is 4.79 Å². The summed E-state index contributed by atoms with van der Waals surface area (Å²) in [5.41, 5.74) is 0. The standard InChI is InChI=1S/C16H20N4O2S/c1-11-17-16(19-18-11)14-7-4-8-20(14)15(21)10-23-13-6-3-5-12(9-13)22-2/h3,5-6,9,14H,4,7-8,10H2,1-2H3,(H,17,18,19)/t14-/m0/s1. The molecule has 0 radical (unpaired) electrons. The molecule has 0 spiro atoms. The van der Waals surface area contributed by atoms with Gasteiger partial charge in [-0.1, -0.05) is 6.07 Å². The van der Waals surface area contributed by atoms with E-state index in [2.05, 4.69) is 15.2 Å². The maximum Gasteiger partial charge on any atom is 0.233 e. The number of nitrogens with one attached hydrogen (secondary N) is 1. The fraction of sp³-hybridized carbons (Fsp3) is 0.438. The number of carbonyl (C=O) groups is 1. The molecule has 0 unspecified atom stereocenters. The smallest absolute Gasteiger partial charge is 0.233 e. The first-order valence-corrected chi connectivity index (χ1v) is 8.61. The van der Waals surface area contributed by atoms with Gasteiger partial charge in [0.1, 0.15) is 11.6 Å². The van der Waals surface area contributed by atoms with E-state index in [9.17, 15) is 4.79 Å². The highest BCUT2D eigenvalue weighted by Gasteiger charge is 2.32. The van der Waals surface area contributed by atoms with E-state index in [1.54, 1.807) is 7.11 Å². The van der Waals surface area contributed by atoms with Crippen LogP contribution in [0, 0.1) is 6.92 Å². The number of amides is 1. The number of carbonyl (C=O) groups excluding carboxylic acids is 1. The number of rotatable bonds is 5. The molecule has 1 amide bonds. The molecule has 2 heterocycles. The number of nitrogens with zero attached hydrogens (tertiary/aromatic N) is 3. The number of hydrogen-bond donors (Lipinski definition) is 1. The maximum atomic E-state index is 12.6. The highest BCUT2D eigenvalue weighted by Crippen LogP contribution is 2.31. The second-order valence-corrected chi connectivity index (χ2v) is 6.54. The Bertz CT molecular complexity index is 688. The van der Waals surface area contributed by atoms with Crippen molar-refractivity contribution < 1.29 is 9.53 Å². The van der Waals surface area contributed by atoms with Gasteiger partial charge in [0.2, 0.25) is 5.91 Å². The number of thioether (sulfide) groups is 1. The summed E-state index contributed by atoms with van der Waals surface area (Å²) in [6.07, 6.45) is 1.92. The third-order valence-corrected chi connectivity index (χ3v) is 4.87. The fourth-order valence-corrected chi connectivity index (χ4v) is 3.59. The molecule has 1 aliphatic heterocycles. The van der Waals surface area contributed by atoms with E-state index >= 15 is 0 Å². The van der Waals surface area contributed by atoms with Crippen molar-refractivity contribution in [1.29, 1.82) is 0 Å². The lowest BCUT2D eigenvalue weighted by Gasteiger charge is -2.22. The second-order valence-electron chi connectivity index (χ2n) is 5.49. The molecule has 122 valence electrons. The number of hydrogen-bond acceptors (Lipinski definition) is 5. The van der Waals surface area contributed by atoms with Crippen molar-refractivity contribution >= 4 is 17.7 Å². The summed E-state index contributed by atoms with van der Waals surface area (Å²) >= 11 is 1.53. The first-order valence-electron chi connectivity index (χ1n) is 7.62. The number of benzene rings is 1. The lowest BCUT2D eigenvalue weighted by atomic mass is 10.2. The SMILES string of the molecule is COc1cccc(SCC(=O)N2CCC[C@H]2c2n[nH]c(C)n2)c1. The summed E-state index contributed by atoms with van der Waals surface area (Å²) in [7, 11) is 1.64. The van der Waals surface area contributed by atoms with Crippen LogP contribution in [-0.4, -0.2) is 45.4 Å². The van der Waals surface area contributed by atoms with E-state index in [0.717, 1.165) is 41.7 Å². The minimum atomic E-state index is -0.00152. The molecule has 1 N–H and O–H groups in total. The zero-order valence-corrected chi connectivity index (χ0v) is 14.1. The summed E-state index contributed by atoms with van der Waals surface area (Å²) in [6.45, 7) is 2.64. The van der Waals surface area contributed by atoms with Crippen molar-refractivity contribution in [3.05, 3.63) is 35.9 Å². The summed E-state index contributed by atoms with van der Waals surface area (Å²) in [5.74, 6) is 2.85. The van der Waals surface area contributed by atoms with Gasteiger partial charge in [0.25, 0.3) is 0 Å². The number of likely N-dealkylation sites (tertiary alicyclic amines) is 1. The van der Waals surface area contributed by atoms with Gasteiger partial charge in [0, 0.05) is 11.4 Å². The quantitative estimate of drug-likeness (QED) is 0.852. The van der Waals surface area contributed by atoms with Crippen LogP contribution in [0.4, 0.5) is 0 Å². The Morgan fingerprint density at radius 2 is 2.39 bits per heavy atom. The average Bonchev–Trinajstić information content (AvgIpc) is 3.21. The Labute approximate surface area is 139 Å². The number of aromatic amines is 1. The first-order chi connectivity index (χ1) is 11.2. The number of aryl methyl sites for hydroxylation is 1.